The van der Waals surface area contributed by atoms with Gasteiger partial charge in [-0.2, -0.15) is 35.1 Å². The highest BCUT2D eigenvalue weighted by molar-refractivity contribution is 7.93. The highest BCUT2D eigenvalue weighted by Gasteiger charge is 2.34. The molecule has 30 heteroatoms. The number of carboxylic acid groups (broad SMARTS) is 1. The number of sulfonamides is 2. The lowest BCUT2D eigenvalue weighted by Crippen LogP contribution is -2.15. The molecule has 6 rings (SSSR count). The molecular formula is C34H25F10N7O9S4. The minimum absolute atomic E-state index is 0. The summed E-state index contributed by atoms with van der Waals surface area (Å²) in [5, 5.41) is 8.53. The summed E-state index contributed by atoms with van der Waals surface area (Å²) in [6.07, 6.45) is -7.77. The number of aromatic carboxylic acids is 1. The van der Waals surface area contributed by atoms with Crippen LogP contribution in [0.25, 0.3) is 0 Å². The topological polar surface area (TPSA) is 243 Å². The number of carboxylic acids is 1. The number of ether oxygens (including phenoxy) is 2. The van der Waals surface area contributed by atoms with Crippen molar-refractivity contribution in [1.29, 1.82) is 0 Å². The van der Waals surface area contributed by atoms with Crippen LogP contribution in [0.1, 0.15) is 46.7 Å². The number of carbonyl (C=O) groups excluding carboxylic acids is 1. The van der Waals surface area contributed by atoms with E-state index < -0.39 is 123 Å². The van der Waals surface area contributed by atoms with Crippen molar-refractivity contribution in [2.75, 3.05) is 9.44 Å². The van der Waals surface area contributed by atoms with Crippen molar-refractivity contribution in [1.82, 2.24) is 18.7 Å². The number of anilines is 2. The van der Waals surface area contributed by atoms with E-state index in [1.54, 1.807) is 0 Å². The number of aromatic nitrogens is 4. The smallest absolute Gasteiger partial charge is 0.416 e. The van der Waals surface area contributed by atoms with Crippen LogP contribution < -0.4 is 24.7 Å². The molecule has 5 N–H and O–H groups in total. The van der Waals surface area contributed by atoms with E-state index in [4.69, 9.17) is 20.3 Å². The molecule has 0 saturated carbocycles. The molecule has 1 amide bonds. The van der Waals surface area contributed by atoms with Crippen LogP contribution in [0, 0.1) is 23.3 Å². The van der Waals surface area contributed by atoms with Gasteiger partial charge in [0.25, 0.3) is 20.0 Å². The van der Waals surface area contributed by atoms with Gasteiger partial charge in [0.05, 0.1) is 16.7 Å². The molecule has 344 valence electrons. The summed E-state index contributed by atoms with van der Waals surface area (Å²) in [6, 6.07) is 4.21. The van der Waals surface area contributed by atoms with Crippen LogP contribution in [0.5, 0.6) is 23.0 Å². The van der Waals surface area contributed by atoms with Crippen LogP contribution in [-0.2, 0) is 32.4 Å². The quantitative estimate of drug-likeness (QED) is 0.0838. The van der Waals surface area contributed by atoms with E-state index in [1.165, 1.54) is 0 Å². The van der Waals surface area contributed by atoms with Gasteiger partial charge in [-0.3, -0.25) is 14.2 Å². The van der Waals surface area contributed by atoms with E-state index >= 15 is 0 Å². The van der Waals surface area contributed by atoms with Gasteiger partial charge in [-0.15, -0.1) is 0 Å². The van der Waals surface area contributed by atoms with Crippen molar-refractivity contribution in [2.45, 2.75) is 37.0 Å². The van der Waals surface area contributed by atoms with Gasteiger partial charge in [0.1, 0.15) is 45.6 Å². The number of rotatable bonds is 12. The Bertz CT molecular complexity index is 2690. The Morgan fingerprint density at radius 1 is 0.594 bits per heavy atom. The lowest BCUT2D eigenvalue weighted by Gasteiger charge is -2.13. The number of nitrogens with one attached hydrogen (secondary N) is 2. The Morgan fingerprint density at radius 3 is 1.30 bits per heavy atom. The first-order valence-electron chi connectivity index (χ1n) is 15.6. The predicted octanol–water partition coefficient (Wildman–Crippen LogP) is 8.93. The summed E-state index contributed by atoms with van der Waals surface area (Å²) in [5.74, 6) is -12.1. The third kappa shape index (κ3) is 12.7. The van der Waals surface area contributed by atoms with Crippen molar-refractivity contribution in [3.05, 3.63) is 119 Å². The third-order valence-electron chi connectivity index (χ3n) is 7.17. The fraction of sp³-hybridized carbons (Fsp3) is 0.118. The molecule has 0 aliphatic rings. The minimum atomic E-state index is -4.94. The van der Waals surface area contributed by atoms with Crippen LogP contribution in [0.15, 0.2) is 83.1 Å². The molecule has 2 heterocycles. The fourth-order valence-electron chi connectivity index (χ4n) is 4.53. The zero-order valence-electron chi connectivity index (χ0n) is 29.4. The van der Waals surface area contributed by atoms with Gasteiger partial charge in [-0.05, 0) is 36.4 Å². The number of alkyl halides is 6. The lowest BCUT2D eigenvalue weighted by molar-refractivity contribution is -0.138. The van der Waals surface area contributed by atoms with Gasteiger partial charge in [0.2, 0.25) is 16.2 Å². The van der Waals surface area contributed by atoms with Crippen molar-refractivity contribution < 1.29 is 84.9 Å². The summed E-state index contributed by atoms with van der Waals surface area (Å²) in [6.45, 7) is 0. The van der Waals surface area contributed by atoms with E-state index in [0.29, 0.717) is 65.5 Å². The number of benzene rings is 4. The van der Waals surface area contributed by atoms with Crippen molar-refractivity contribution in [3.63, 3.8) is 0 Å². The molecule has 0 saturated heterocycles. The Morgan fingerprint density at radius 2 is 0.969 bits per heavy atom. The molecular weight excluding hydrogens is 969 g/mol. The molecule has 16 nitrogen and oxygen atoms in total. The average Bonchev–Trinajstić information content (AvgIpc) is 3.88. The van der Waals surface area contributed by atoms with Crippen LogP contribution in [0.4, 0.5) is 54.2 Å². The molecule has 6 aromatic rings. The van der Waals surface area contributed by atoms with Gasteiger partial charge in [-0.1, -0.05) is 14.9 Å². The average molecular weight is 994 g/mol. The normalized spacial score (nSPS) is 11.5. The van der Waals surface area contributed by atoms with Crippen molar-refractivity contribution in [3.8, 4) is 23.0 Å². The molecule has 0 fully saturated rings. The second-order valence-corrected chi connectivity index (χ2v) is 16.4. The summed E-state index contributed by atoms with van der Waals surface area (Å²) in [7, 11) is -9.20. The summed E-state index contributed by atoms with van der Waals surface area (Å²) >= 11 is 1.28. The highest BCUT2D eigenvalue weighted by atomic mass is 32.2. The number of nitrogens with zero attached hydrogens (tertiary/aromatic N) is 4. The van der Waals surface area contributed by atoms with Gasteiger partial charge >= 0.3 is 18.3 Å². The predicted molar refractivity (Wildman–Crippen MR) is 206 cm³/mol. The van der Waals surface area contributed by atoms with E-state index in [9.17, 15) is 70.3 Å². The molecule has 64 heavy (non-hydrogen) atoms. The maximum absolute atomic E-state index is 14.4. The summed E-state index contributed by atoms with van der Waals surface area (Å²) in [4.78, 5) is 27.2. The van der Waals surface area contributed by atoms with E-state index in [-0.39, 0.29) is 37.2 Å². The molecule has 0 spiro atoms. The van der Waals surface area contributed by atoms with Gasteiger partial charge in [0, 0.05) is 52.9 Å². The van der Waals surface area contributed by atoms with E-state index in [1.807, 2.05) is 9.44 Å². The third-order valence-corrected chi connectivity index (χ3v) is 11.3. The number of primary amides is 1. The standard InChI is InChI=1S/C16H9F5N4O4S2.C16H8F5N3O5S2.2CH4/c17-10-5-13(31(27,28)25-15-23-6-24-30-15)11(18)4-12(10)29-9-2-7(14(22)26)1-8(3-9)16(19,20)21;17-10-5-13(31(27,28)24-15-22-6-23-30-15)11(18)4-12(10)29-9-2-7(14(25)26)1-8(3-9)16(19,20)21;;/h1-6H,(H2,22,26)(H,23,24,25);1-6H,(H,25,26)(H,22,23,24);2*1H4. The Kier molecular flexibility index (Phi) is 16.0. The second kappa shape index (κ2) is 19.8. The fourth-order valence-corrected chi connectivity index (χ4v) is 7.99. The van der Waals surface area contributed by atoms with E-state index in [0.717, 1.165) is 18.7 Å². The molecule has 0 aliphatic heterocycles. The monoisotopic (exact) mass is 993 g/mol. The number of halogens is 10. The zero-order chi connectivity index (χ0) is 45.9. The summed E-state index contributed by atoms with van der Waals surface area (Å²) < 4.78 is 205. The Labute approximate surface area is 361 Å². The molecule has 0 atom stereocenters. The van der Waals surface area contributed by atoms with Crippen LogP contribution in [0.3, 0.4) is 0 Å². The maximum Gasteiger partial charge on any atom is 0.416 e. The van der Waals surface area contributed by atoms with Gasteiger partial charge in [0.15, 0.2) is 23.1 Å². The van der Waals surface area contributed by atoms with Crippen LogP contribution >= 0.6 is 23.1 Å². The maximum atomic E-state index is 14.4. The largest absolute Gasteiger partial charge is 0.478 e. The molecule has 2 aromatic heterocycles. The first kappa shape index (κ1) is 51.7. The number of carbonyl (C=O) groups is 2. The van der Waals surface area contributed by atoms with Crippen LogP contribution in [-0.4, -0.2) is 52.5 Å². The van der Waals surface area contributed by atoms with Crippen LogP contribution in [0.2, 0.25) is 0 Å². The number of hydrogen-bond donors (Lipinski definition) is 4. The number of hydrogen-bond acceptors (Lipinski definition) is 14. The molecule has 4 aromatic carbocycles. The van der Waals surface area contributed by atoms with Gasteiger partial charge < -0.3 is 20.3 Å². The number of nitrogens with two attached hydrogens (primary N) is 1. The van der Waals surface area contributed by atoms with Gasteiger partial charge in [-0.25, -0.2) is 49.2 Å². The summed E-state index contributed by atoms with van der Waals surface area (Å²) in [5.41, 5.74) is 0.863. The van der Waals surface area contributed by atoms with Crippen molar-refractivity contribution in [2.24, 2.45) is 5.73 Å². The zero-order valence-corrected chi connectivity index (χ0v) is 32.7. The molecule has 0 unspecified atom stereocenters. The molecule has 0 bridgehead atoms. The highest BCUT2D eigenvalue weighted by Crippen LogP contribution is 2.37. The Balaban J connectivity index is 0.000000330. The number of amides is 1. The SMILES string of the molecule is C.C.NC(=O)c1cc(Oc2cc(F)c(S(=O)(=O)Nc3ncns3)cc2F)cc(C(F)(F)F)c1.O=C(O)c1cc(Oc2cc(F)c(S(=O)(=O)Nc3ncns3)cc2F)cc(C(F)(F)F)c1. The first-order chi connectivity index (χ1) is 28.7. The molecule has 0 radical (unpaired) electrons. The van der Waals surface area contributed by atoms with Crippen molar-refractivity contribution >= 4 is 65.3 Å². The second-order valence-electron chi connectivity index (χ2n) is 11.5. The molecule has 0 aliphatic carbocycles. The minimum Gasteiger partial charge on any atom is -0.478 e. The first-order valence-corrected chi connectivity index (χ1v) is 20.2. The lowest BCUT2D eigenvalue weighted by atomic mass is 10.1. The van der Waals surface area contributed by atoms with E-state index in [2.05, 4.69) is 18.7 Å². The Hall–Kier alpha value is -6.66.